The summed E-state index contributed by atoms with van der Waals surface area (Å²) in [7, 11) is 0. The first-order valence-corrected chi connectivity index (χ1v) is 10.8. The highest BCUT2D eigenvalue weighted by atomic mass is 32.1. The van der Waals surface area contributed by atoms with Crippen molar-refractivity contribution in [1.29, 1.82) is 0 Å². The molecule has 0 aliphatic carbocycles. The van der Waals surface area contributed by atoms with E-state index in [1.54, 1.807) is 36.4 Å². The van der Waals surface area contributed by atoms with E-state index in [-0.39, 0.29) is 22.6 Å². The largest absolute Gasteiger partial charge is 0.504 e. The van der Waals surface area contributed by atoms with E-state index in [0.29, 0.717) is 16.7 Å². The first-order valence-electron chi connectivity index (χ1n) is 10.00. The van der Waals surface area contributed by atoms with E-state index >= 15 is 0 Å². The summed E-state index contributed by atoms with van der Waals surface area (Å²) in [4.78, 5) is 35.7. The van der Waals surface area contributed by atoms with Crippen LogP contribution in [0.15, 0.2) is 72.8 Å². The summed E-state index contributed by atoms with van der Waals surface area (Å²) in [6.45, 7) is 0. The maximum atomic E-state index is 13.1. The van der Waals surface area contributed by atoms with Crippen LogP contribution >= 0.6 is 11.3 Å². The number of carbonyl (C=O) groups is 2. The number of Topliss-reactive ketones (excluding diaryl/α,β-unsaturated/α-hetero) is 1. The van der Waals surface area contributed by atoms with Gasteiger partial charge in [0, 0.05) is 28.5 Å². The number of nitro benzene ring substituents is 1. The van der Waals surface area contributed by atoms with Crippen molar-refractivity contribution in [2.75, 3.05) is 0 Å². The molecule has 0 atom stereocenters. The molecule has 170 valence electrons. The zero-order valence-electron chi connectivity index (χ0n) is 17.5. The molecule has 3 aromatic carbocycles. The van der Waals surface area contributed by atoms with Crippen LogP contribution in [0.4, 0.5) is 5.69 Å². The molecule has 0 spiro atoms. The van der Waals surface area contributed by atoms with Crippen molar-refractivity contribution < 1.29 is 29.8 Å². The zero-order valence-corrected chi connectivity index (χ0v) is 18.3. The first-order chi connectivity index (χ1) is 16.2. The Kier molecular flexibility index (Phi) is 6.11. The summed E-state index contributed by atoms with van der Waals surface area (Å²) in [6, 6.07) is 18.7. The van der Waals surface area contributed by atoms with Crippen LogP contribution in [-0.2, 0) is 6.42 Å². The fraction of sp³-hybridized carbons (Fsp3) is 0.0400. The highest BCUT2D eigenvalue weighted by molar-refractivity contribution is 7.17. The van der Waals surface area contributed by atoms with Crippen LogP contribution in [0, 0.1) is 10.1 Å². The number of phenols is 2. The molecule has 3 N–H and O–H groups in total. The monoisotopic (exact) mass is 475 g/mol. The molecule has 0 aliphatic rings. The number of benzene rings is 3. The van der Waals surface area contributed by atoms with Gasteiger partial charge in [-0.1, -0.05) is 42.5 Å². The lowest BCUT2D eigenvalue weighted by Crippen LogP contribution is -2.05. The lowest BCUT2D eigenvalue weighted by atomic mass is 9.95. The standard InChI is InChI=1S/C25H17NO7S/c27-20(11-15-4-1-2-7-18(15)22-8-9-23(34-22)25(30)31)16-6-3-5-14(10-16)19-12-17(26(32)33)13-21(28)24(19)29/h1-10,12-13,28-29H,11H2,(H,30,31). The molecule has 0 aliphatic heterocycles. The van der Waals surface area contributed by atoms with E-state index in [4.69, 9.17) is 0 Å². The number of rotatable bonds is 7. The minimum atomic E-state index is -1.02. The average molecular weight is 475 g/mol. The number of phenolic OH excluding ortho intramolecular Hbond substituents is 2. The Morgan fingerprint density at radius 3 is 2.38 bits per heavy atom. The molecule has 4 rings (SSSR count). The normalized spacial score (nSPS) is 10.7. The van der Waals surface area contributed by atoms with Crippen molar-refractivity contribution in [3.8, 4) is 33.1 Å². The third-order valence-corrected chi connectivity index (χ3v) is 6.34. The smallest absolute Gasteiger partial charge is 0.345 e. The van der Waals surface area contributed by atoms with E-state index in [0.717, 1.165) is 33.9 Å². The number of hydrogen-bond acceptors (Lipinski definition) is 7. The number of carboxylic acids is 1. The molecule has 0 radical (unpaired) electrons. The average Bonchev–Trinajstić information content (AvgIpc) is 3.31. The predicted octanol–water partition coefficient (Wildman–Crippen LogP) is 5.53. The molecule has 8 nitrogen and oxygen atoms in total. The molecule has 1 aromatic heterocycles. The molecule has 0 saturated heterocycles. The van der Waals surface area contributed by atoms with E-state index in [1.165, 1.54) is 12.1 Å². The molecular formula is C25H17NO7S. The molecular weight excluding hydrogens is 458 g/mol. The molecule has 1 heterocycles. The molecule has 9 heteroatoms. The number of aromatic carboxylic acids is 1. The van der Waals surface area contributed by atoms with Crippen LogP contribution in [0.5, 0.6) is 11.5 Å². The maximum Gasteiger partial charge on any atom is 0.345 e. The maximum absolute atomic E-state index is 13.1. The SMILES string of the molecule is O=C(Cc1ccccc1-c1ccc(C(=O)O)s1)c1cccc(-c2cc([N+](=O)[O-])cc(O)c2O)c1. The van der Waals surface area contributed by atoms with Gasteiger partial charge in [0.2, 0.25) is 0 Å². The Morgan fingerprint density at radius 2 is 1.68 bits per heavy atom. The number of hydrogen-bond donors (Lipinski definition) is 3. The molecule has 4 aromatic rings. The van der Waals surface area contributed by atoms with Crippen LogP contribution in [-0.4, -0.2) is 32.0 Å². The van der Waals surface area contributed by atoms with Crippen molar-refractivity contribution in [2.24, 2.45) is 0 Å². The van der Waals surface area contributed by atoms with Gasteiger partial charge < -0.3 is 15.3 Å². The molecule has 0 amide bonds. The molecule has 0 bridgehead atoms. The Bertz CT molecular complexity index is 1440. The fourth-order valence-corrected chi connectivity index (χ4v) is 4.48. The van der Waals surface area contributed by atoms with Crippen molar-refractivity contribution in [2.45, 2.75) is 6.42 Å². The quantitative estimate of drug-likeness (QED) is 0.138. The molecule has 0 fully saturated rings. The predicted molar refractivity (Wildman–Crippen MR) is 127 cm³/mol. The van der Waals surface area contributed by atoms with Crippen molar-refractivity contribution in [1.82, 2.24) is 0 Å². The van der Waals surface area contributed by atoms with Crippen LogP contribution in [0.25, 0.3) is 21.6 Å². The number of aromatic hydroxyl groups is 2. The van der Waals surface area contributed by atoms with Crippen LogP contribution < -0.4 is 0 Å². The number of carbonyl (C=O) groups excluding carboxylic acids is 1. The van der Waals surface area contributed by atoms with Gasteiger partial charge in [-0.3, -0.25) is 14.9 Å². The lowest BCUT2D eigenvalue weighted by Gasteiger charge is -2.10. The summed E-state index contributed by atoms with van der Waals surface area (Å²) < 4.78 is 0. The fourth-order valence-electron chi connectivity index (χ4n) is 3.58. The van der Waals surface area contributed by atoms with Gasteiger partial charge in [0.15, 0.2) is 17.3 Å². The number of ketones is 1. The minimum Gasteiger partial charge on any atom is -0.504 e. The number of nitro groups is 1. The molecule has 0 saturated carbocycles. The van der Waals surface area contributed by atoms with Gasteiger partial charge in [0.05, 0.1) is 11.0 Å². The van der Waals surface area contributed by atoms with Crippen molar-refractivity contribution in [3.63, 3.8) is 0 Å². The number of thiophene rings is 1. The molecule has 34 heavy (non-hydrogen) atoms. The number of non-ortho nitro benzene ring substituents is 1. The van der Waals surface area contributed by atoms with Gasteiger partial charge in [-0.25, -0.2) is 4.79 Å². The number of carboxylic acid groups (broad SMARTS) is 1. The Labute approximate surface area is 197 Å². The Morgan fingerprint density at radius 1 is 0.912 bits per heavy atom. The topological polar surface area (TPSA) is 138 Å². The summed E-state index contributed by atoms with van der Waals surface area (Å²) >= 11 is 1.12. The highest BCUT2D eigenvalue weighted by Crippen LogP contribution is 2.40. The Hall–Kier alpha value is -4.50. The van der Waals surface area contributed by atoms with Gasteiger partial charge in [-0.2, -0.15) is 0 Å². The van der Waals surface area contributed by atoms with Crippen molar-refractivity contribution >= 4 is 28.8 Å². The second kappa shape index (κ2) is 9.16. The molecule has 0 unspecified atom stereocenters. The lowest BCUT2D eigenvalue weighted by molar-refractivity contribution is -0.384. The second-order valence-electron chi connectivity index (χ2n) is 7.43. The zero-order chi connectivity index (χ0) is 24.4. The van der Waals surface area contributed by atoms with Crippen molar-refractivity contribution in [3.05, 3.63) is 98.9 Å². The number of nitrogens with zero attached hydrogens (tertiary/aromatic N) is 1. The highest BCUT2D eigenvalue weighted by Gasteiger charge is 2.19. The minimum absolute atomic E-state index is 0.0292. The van der Waals surface area contributed by atoms with Gasteiger partial charge in [-0.15, -0.1) is 11.3 Å². The second-order valence-corrected chi connectivity index (χ2v) is 8.51. The van der Waals surface area contributed by atoms with E-state index in [1.807, 2.05) is 12.1 Å². The first kappa shape index (κ1) is 22.7. The Balaban J connectivity index is 1.66. The van der Waals surface area contributed by atoms with Crippen LogP contribution in [0.2, 0.25) is 0 Å². The van der Waals surface area contributed by atoms with E-state index in [9.17, 15) is 35.0 Å². The summed E-state index contributed by atoms with van der Waals surface area (Å²) in [5, 5.41) is 40.4. The van der Waals surface area contributed by atoms with Gasteiger partial charge in [-0.05, 0) is 34.9 Å². The van der Waals surface area contributed by atoms with Gasteiger partial charge in [0.1, 0.15) is 4.88 Å². The van der Waals surface area contributed by atoms with Gasteiger partial charge in [0.25, 0.3) is 5.69 Å². The summed E-state index contributed by atoms with van der Waals surface area (Å²) in [5.41, 5.74) is 1.75. The van der Waals surface area contributed by atoms with Gasteiger partial charge >= 0.3 is 5.97 Å². The van der Waals surface area contributed by atoms with E-state index in [2.05, 4.69) is 0 Å². The summed E-state index contributed by atoms with van der Waals surface area (Å²) in [5.74, 6) is -2.41. The summed E-state index contributed by atoms with van der Waals surface area (Å²) in [6.07, 6.45) is 0.0338. The third kappa shape index (κ3) is 4.50. The van der Waals surface area contributed by atoms with E-state index < -0.39 is 28.1 Å². The van der Waals surface area contributed by atoms with Crippen LogP contribution in [0.3, 0.4) is 0 Å². The van der Waals surface area contributed by atoms with Crippen LogP contribution in [0.1, 0.15) is 25.6 Å². The third-order valence-electron chi connectivity index (χ3n) is 5.23.